The Morgan fingerprint density at radius 3 is 3.28 bits per heavy atom. The summed E-state index contributed by atoms with van der Waals surface area (Å²) >= 11 is 0. The van der Waals surface area contributed by atoms with Crippen LogP contribution < -0.4 is 11.3 Å². The van der Waals surface area contributed by atoms with Crippen LogP contribution in [0.5, 0.6) is 0 Å². The van der Waals surface area contributed by atoms with E-state index in [4.69, 9.17) is 15.5 Å². The Bertz CT molecular complexity index is 407. The molecule has 1 amide bonds. The van der Waals surface area contributed by atoms with Crippen LogP contribution in [0.25, 0.3) is 0 Å². The van der Waals surface area contributed by atoms with Gasteiger partial charge in [0.2, 0.25) is 0 Å². The Balaban J connectivity index is 1.87. The van der Waals surface area contributed by atoms with Crippen molar-refractivity contribution in [2.45, 2.75) is 19.4 Å². The molecule has 1 fully saturated rings. The molecule has 0 aliphatic carbocycles. The van der Waals surface area contributed by atoms with Crippen molar-refractivity contribution in [2.24, 2.45) is 11.8 Å². The molecule has 18 heavy (non-hydrogen) atoms. The lowest BCUT2D eigenvalue weighted by molar-refractivity contribution is 0.0944. The number of hydrogen-bond donors (Lipinski definition) is 3. The highest BCUT2D eigenvalue weighted by molar-refractivity contribution is 5.91. The van der Waals surface area contributed by atoms with Gasteiger partial charge in [-0.2, -0.15) is 0 Å². The van der Waals surface area contributed by atoms with Gasteiger partial charge in [-0.3, -0.25) is 15.1 Å². The van der Waals surface area contributed by atoms with Crippen LogP contribution in [0.1, 0.15) is 29.1 Å². The second-order valence-electron chi connectivity index (χ2n) is 4.55. The highest BCUT2D eigenvalue weighted by Gasteiger charge is 2.23. The van der Waals surface area contributed by atoms with Crippen LogP contribution >= 0.6 is 0 Å². The SMILES string of the molecule is NNC(=O)c1cc(CN2CCC(CCO)C2)on1. The third-order valence-electron chi connectivity index (χ3n) is 3.21. The maximum Gasteiger partial charge on any atom is 0.287 e. The van der Waals surface area contributed by atoms with E-state index in [1.165, 1.54) is 0 Å². The highest BCUT2D eigenvalue weighted by Crippen LogP contribution is 2.21. The molecular weight excluding hydrogens is 236 g/mol. The number of rotatable bonds is 5. The van der Waals surface area contributed by atoms with Gasteiger partial charge in [0.25, 0.3) is 5.91 Å². The standard InChI is InChI=1S/C11H18N4O3/c12-13-11(17)10-5-9(18-14-10)7-15-3-1-8(6-15)2-4-16/h5,8,16H,1-4,6-7,12H2,(H,13,17). The van der Waals surface area contributed by atoms with Gasteiger partial charge in [-0.1, -0.05) is 5.16 Å². The Kier molecular flexibility index (Phi) is 4.29. The Hall–Kier alpha value is -1.44. The number of nitrogens with two attached hydrogens (primary N) is 1. The maximum atomic E-state index is 11.2. The molecule has 0 spiro atoms. The number of likely N-dealkylation sites (tertiary alicyclic amines) is 1. The molecular formula is C11H18N4O3. The van der Waals surface area contributed by atoms with Gasteiger partial charge < -0.3 is 9.63 Å². The molecule has 100 valence electrons. The number of carbonyl (C=O) groups is 1. The number of nitrogen functional groups attached to an aromatic ring is 1. The Morgan fingerprint density at radius 1 is 1.72 bits per heavy atom. The van der Waals surface area contributed by atoms with Crippen molar-refractivity contribution in [3.05, 3.63) is 17.5 Å². The quantitative estimate of drug-likeness (QED) is 0.371. The number of aliphatic hydroxyl groups excluding tert-OH is 1. The molecule has 0 aromatic carbocycles. The van der Waals surface area contributed by atoms with Gasteiger partial charge in [-0.15, -0.1) is 0 Å². The van der Waals surface area contributed by atoms with Crippen molar-refractivity contribution >= 4 is 5.91 Å². The van der Waals surface area contributed by atoms with E-state index >= 15 is 0 Å². The molecule has 1 aliphatic rings. The number of aliphatic hydroxyl groups is 1. The summed E-state index contributed by atoms with van der Waals surface area (Å²) in [6, 6.07) is 1.60. The highest BCUT2D eigenvalue weighted by atomic mass is 16.5. The molecule has 0 saturated carbocycles. The number of aromatic nitrogens is 1. The molecule has 1 unspecified atom stereocenters. The second kappa shape index (κ2) is 5.94. The van der Waals surface area contributed by atoms with Gasteiger partial charge in [-0.25, -0.2) is 5.84 Å². The fourth-order valence-electron chi connectivity index (χ4n) is 2.26. The molecule has 2 heterocycles. The lowest BCUT2D eigenvalue weighted by Gasteiger charge is -2.13. The minimum absolute atomic E-state index is 0.193. The molecule has 0 bridgehead atoms. The predicted octanol–water partition coefficient (Wildman–Crippen LogP) is -0.518. The molecule has 1 aromatic heterocycles. The monoisotopic (exact) mass is 254 g/mol. The molecule has 1 aliphatic heterocycles. The molecule has 1 aromatic rings. The summed E-state index contributed by atoms with van der Waals surface area (Å²) < 4.78 is 5.09. The van der Waals surface area contributed by atoms with Crippen LogP contribution in [-0.2, 0) is 6.54 Å². The average molecular weight is 254 g/mol. The summed E-state index contributed by atoms with van der Waals surface area (Å²) in [6.45, 7) is 2.79. The van der Waals surface area contributed by atoms with Crippen LogP contribution in [-0.4, -0.2) is 40.8 Å². The van der Waals surface area contributed by atoms with E-state index in [0.717, 1.165) is 25.9 Å². The largest absolute Gasteiger partial charge is 0.396 e. The molecule has 0 radical (unpaired) electrons. The molecule has 7 heteroatoms. The van der Waals surface area contributed by atoms with Crippen LogP contribution in [0, 0.1) is 5.92 Å². The number of carbonyl (C=O) groups excluding carboxylic acids is 1. The van der Waals surface area contributed by atoms with Gasteiger partial charge in [0.15, 0.2) is 11.5 Å². The predicted molar refractivity (Wildman–Crippen MR) is 63.2 cm³/mol. The van der Waals surface area contributed by atoms with Crippen molar-refractivity contribution in [3.63, 3.8) is 0 Å². The fraction of sp³-hybridized carbons (Fsp3) is 0.636. The number of nitrogens with one attached hydrogen (secondary N) is 1. The van der Waals surface area contributed by atoms with Gasteiger partial charge >= 0.3 is 0 Å². The van der Waals surface area contributed by atoms with Crippen LogP contribution in [0.3, 0.4) is 0 Å². The summed E-state index contributed by atoms with van der Waals surface area (Å²) in [4.78, 5) is 13.4. The first-order valence-corrected chi connectivity index (χ1v) is 6.02. The molecule has 4 N–H and O–H groups in total. The topological polar surface area (TPSA) is 105 Å². The van der Waals surface area contributed by atoms with Crippen LogP contribution in [0.15, 0.2) is 10.6 Å². The zero-order valence-electron chi connectivity index (χ0n) is 10.1. The lowest BCUT2D eigenvalue weighted by atomic mass is 10.1. The molecule has 1 atom stereocenters. The fourth-order valence-corrected chi connectivity index (χ4v) is 2.26. The van der Waals surface area contributed by atoms with E-state index in [0.29, 0.717) is 18.2 Å². The van der Waals surface area contributed by atoms with Crippen molar-refractivity contribution in [2.75, 3.05) is 19.7 Å². The van der Waals surface area contributed by atoms with Gasteiger partial charge in [0.05, 0.1) is 6.54 Å². The normalized spacial score (nSPS) is 20.2. The summed E-state index contributed by atoms with van der Waals surface area (Å²) in [5.41, 5.74) is 2.20. The van der Waals surface area contributed by atoms with Crippen LogP contribution in [0.2, 0.25) is 0 Å². The van der Waals surface area contributed by atoms with E-state index in [2.05, 4.69) is 10.1 Å². The van der Waals surface area contributed by atoms with Crippen molar-refractivity contribution in [1.82, 2.24) is 15.5 Å². The summed E-state index contributed by atoms with van der Waals surface area (Å²) in [7, 11) is 0. The lowest BCUT2D eigenvalue weighted by Crippen LogP contribution is -2.30. The van der Waals surface area contributed by atoms with E-state index in [9.17, 15) is 4.79 Å². The van der Waals surface area contributed by atoms with Crippen molar-refractivity contribution in [1.29, 1.82) is 0 Å². The first-order chi connectivity index (χ1) is 8.72. The zero-order chi connectivity index (χ0) is 13.0. The smallest absolute Gasteiger partial charge is 0.287 e. The summed E-state index contributed by atoms with van der Waals surface area (Å²) in [6.07, 6.45) is 1.93. The van der Waals surface area contributed by atoms with Gasteiger partial charge in [0.1, 0.15) is 0 Å². The van der Waals surface area contributed by atoms with E-state index in [1.54, 1.807) is 6.07 Å². The van der Waals surface area contributed by atoms with Crippen molar-refractivity contribution in [3.8, 4) is 0 Å². The summed E-state index contributed by atoms with van der Waals surface area (Å²) in [5, 5.41) is 12.5. The van der Waals surface area contributed by atoms with E-state index in [-0.39, 0.29) is 12.3 Å². The first-order valence-electron chi connectivity index (χ1n) is 6.02. The third kappa shape index (κ3) is 3.06. The zero-order valence-corrected chi connectivity index (χ0v) is 10.1. The molecule has 7 nitrogen and oxygen atoms in total. The first kappa shape index (κ1) is 13.0. The number of nitrogens with zero attached hydrogens (tertiary/aromatic N) is 2. The number of hydrogen-bond acceptors (Lipinski definition) is 6. The Labute approximate surface area is 105 Å². The molecule has 1 saturated heterocycles. The maximum absolute atomic E-state index is 11.2. The van der Waals surface area contributed by atoms with Crippen LogP contribution in [0.4, 0.5) is 0 Å². The van der Waals surface area contributed by atoms with E-state index < -0.39 is 5.91 Å². The summed E-state index contributed by atoms with van der Waals surface area (Å²) in [5.74, 6) is 5.76. The van der Waals surface area contributed by atoms with E-state index in [1.807, 2.05) is 5.43 Å². The Morgan fingerprint density at radius 2 is 2.56 bits per heavy atom. The number of amides is 1. The average Bonchev–Trinajstić information content (AvgIpc) is 2.99. The van der Waals surface area contributed by atoms with Gasteiger partial charge in [0, 0.05) is 19.2 Å². The van der Waals surface area contributed by atoms with Gasteiger partial charge in [-0.05, 0) is 25.3 Å². The number of hydrazine groups is 1. The molecule has 2 rings (SSSR count). The minimum atomic E-state index is -0.454. The third-order valence-corrected chi connectivity index (χ3v) is 3.21. The minimum Gasteiger partial charge on any atom is -0.396 e. The van der Waals surface area contributed by atoms with Crippen molar-refractivity contribution < 1.29 is 14.4 Å². The second-order valence-corrected chi connectivity index (χ2v) is 4.55.